The van der Waals surface area contributed by atoms with Crippen molar-refractivity contribution in [1.82, 2.24) is 0 Å². The van der Waals surface area contributed by atoms with E-state index < -0.39 is 17.7 Å². The van der Waals surface area contributed by atoms with Crippen LogP contribution in [0.25, 0.3) is 0 Å². The molecule has 0 unspecified atom stereocenters. The van der Waals surface area contributed by atoms with Gasteiger partial charge in [-0.25, -0.2) is 0 Å². The molecule has 3 fully saturated rings. The fourth-order valence-electron chi connectivity index (χ4n) is 5.76. The predicted octanol–water partition coefficient (Wildman–Crippen LogP) is 8.45. The molecule has 244 valence electrons. The third-order valence-corrected chi connectivity index (χ3v) is 9.11. The molecule has 2 saturated carbocycles. The van der Waals surface area contributed by atoms with E-state index in [0.29, 0.717) is 24.4 Å². The Labute approximate surface area is 254 Å². The summed E-state index contributed by atoms with van der Waals surface area (Å²) in [6, 6.07) is 0. The lowest BCUT2D eigenvalue weighted by Crippen LogP contribution is -2.49. The molecule has 0 bridgehead atoms. The highest BCUT2D eigenvalue weighted by Crippen LogP contribution is 2.38. The SMILES string of the molecule is C.C=C[C@H](C)[C@H](O)C[C@H](O)C1CCCCC1.C=C[C@H](C)[C@H]1C[C@@H](C2CCCCC2)OC(C)(C)O1.COC(C)(C)OC. The molecule has 2 aliphatic carbocycles. The fraction of sp³-hybridized carbons (Fsp3) is 0.886. The Hall–Kier alpha value is -0.760. The van der Waals surface area contributed by atoms with Crippen LogP contribution in [0.4, 0.5) is 0 Å². The summed E-state index contributed by atoms with van der Waals surface area (Å²) >= 11 is 0. The molecule has 3 rings (SSSR count). The van der Waals surface area contributed by atoms with E-state index in [0.717, 1.165) is 25.2 Å². The zero-order chi connectivity index (χ0) is 30.3. The average Bonchev–Trinajstić information content (AvgIpc) is 2.96. The van der Waals surface area contributed by atoms with Crippen molar-refractivity contribution < 1.29 is 29.2 Å². The first-order valence-electron chi connectivity index (χ1n) is 15.9. The number of hydrogen-bond acceptors (Lipinski definition) is 6. The summed E-state index contributed by atoms with van der Waals surface area (Å²) in [5.74, 6) is 0.761. The van der Waals surface area contributed by atoms with Gasteiger partial charge in [-0.2, -0.15) is 0 Å². The molecule has 0 spiro atoms. The maximum Gasteiger partial charge on any atom is 0.163 e. The normalized spacial score (nSPS) is 26.4. The number of hydrogen-bond donors (Lipinski definition) is 2. The molecule has 41 heavy (non-hydrogen) atoms. The molecule has 6 nitrogen and oxygen atoms in total. The highest BCUT2D eigenvalue weighted by molar-refractivity contribution is 4.90. The van der Waals surface area contributed by atoms with Crippen molar-refractivity contribution in [2.24, 2.45) is 23.7 Å². The van der Waals surface area contributed by atoms with Crippen LogP contribution in [-0.4, -0.2) is 60.4 Å². The zero-order valence-electron chi connectivity index (χ0n) is 27.2. The Morgan fingerprint density at radius 3 is 1.83 bits per heavy atom. The minimum atomic E-state index is -0.445. The fourth-order valence-corrected chi connectivity index (χ4v) is 5.76. The Balaban J connectivity index is 0.000000632. The summed E-state index contributed by atoms with van der Waals surface area (Å²) in [6.45, 7) is 19.5. The lowest BCUT2D eigenvalue weighted by molar-refractivity contribution is -0.314. The molecule has 1 saturated heterocycles. The van der Waals surface area contributed by atoms with Crippen LogP contribution in [-0.2, 0) is 18.9 Å². The molecule has 0 amide bonds. The number of aliphatic hydroxyl groups excluding tert-OH is 2. The van der Waals surface area contributed by atoms with E-state index in [9.17, 15) is 10.2 Å². The van der Waals surface area contributed by atoms with Gasteiger partial charge in [-0.1, -0.05) is 72.0 Å². The van der Waals surface area contributed by atoms with Crippen molar-refractivity contribution in [3.05, 3.63) is 25.3 Å². The Bertz CT molecular complexity index is 674. The molecule has 0 radical (unpaired) electrons. The van der Waals surface area contributed by atoms with Gasteiger partial charge >= 0.3 is 0 Å². The second-order valence-electron chi connectivity index (χ2n) is 13.1. The number of methoxy groups -OCH3 is 2. The third-order valence-electron chi connectivity index (χ3n) is 9.11. The van der Waals surface area contributed by atoms with Crippen LogP contribution in [0, 0.1) is 23.7 Å². The zero-order valence-corrected chi connectivity index (χ0v) is 27.2. The molecule has 0 aromatic rings. The van der Waals surface area contributed by atoms with E-state index in [1.54, 1.807) is 20.3 Å². The van der Waals surface area contributed by atoms with Gasteiger partial charge in [-0.3, -0.25) is 0 Å². The van der Waals surface area contributed by atoms with Gasteiger partial charge in [-0.15, -0.1) is 13.2 Å². The van der Waals surface area contributed by atoms with Crippen molar-refractivity contribution in [1.29, 1.82) is 0 Å². The van der Waals surface area contributed by atoms with Crippen LogP contribution in [0.2, 0.25) is 0 Å². The predicted molar refractivity (Wildman–Crippen MR) is 172 cm³/mol. The Kier molecular flexibility index (Phi) is 19.9. The van der Waals surface area contributed by atoms with Crippen LogP contribution in [0.1, 0.15) is 126 Å². The van der Waals surface area contributed by atoms with Gasteiger partial charge in [-0.05, 0) is 71.1 Å². The van der Waals surface area contributed by atoms with Crippen molar-refractivity contribution in [3.8, 4) is 0 Å². The van der Waals surface area contributed by atoms with E-state index in [2.05, 4.69) is 20.1 Å². The molecule has 6 atom stereocenters. The van der Waals surface area contributed by atoms with Crippen LogP contribution < -0.4 is 0 Å². The van der Waals surface area contributed by atoms with E-state index in [1.165, 1.54) is 51.4 Å². The molecule has 6 heteroatoms. The van der Waals surface area contributed by atoms with E-state index in [-0.39, 0.29) is 25.6 Å². The summed E-state index contributed by atoms with van der Waals surface area (Å²) in [5.41, 5.74) is 0. The van der Waals surface area contributed by atoms with Crippen molar-refractivity contribution in [2.45, 2.75) is 162 Å². The van der Waals surface area contributed by atoms with Crippen LogP contribution >= 0.6 is 0 Å². The Morgan fingerprint density at radius 1 is 0.878 bits per heavy atom. The smallest absolute Gasteiger partial charge is 0.163 e. The second-order valence-corrected chi connectivity index (χ2v) is 13.1. The lowest BCUT2D eigenvalue weighted by atomic mass is 9.81. The van der Waals surface area contributed by atoms with E-state index in [1.807, 2.05) is 40.7 Å². The van der Waals surface area contributed by atoms with Gasteiger partial charge in [0.05, 0.1) is 24.4 Å². The topological polar surface area (TPSA) is 77.4 Å². The van der Waals surface area contributed by atoms with E-state index >= 15 is 0 Å². The molecule has 1 aliphatic heterocycles. The first-order chi connectivity index (χ1) is 18.8. The van der Waals surface area contributed by atoms with Crippen molar-refractivity contribution in [2.75, 3.05) is 14.2 Å². The number of rotatable bonds is 10. The highest BCUT2D eigenvalue weighted by Gasteiger charge is 2.40. The first kappa shape index (κ1) is 40.2. The largest absolute Gasteiger partial charge is 0.393 e. The first-order valence-corrected chi connectivity index (χ1v) is 15.9. The van der Waals surface area contributed by atoms with Gasteiger partial charge in [0.2, 0.25) is 0 Å². The van der Waals surface area contributed by atoms with Crippen LogP contribution in [0.5, 0.6) is 0 Å². The van der Waals surface area contributed by atoms with Crippen molar-refractivity contribution in [3.63, 3.8) is 0 Å². The summed E-state index contributed by atoms with van der Waals surface area (Å²) in [4.78, 5) is 0. The quantitative estimate of drug-likeness (QED) is 0.198. The van der Waals surface area contributed by atoms with Crippen molar-refractivity contribution >= 4 is 0 Å². The van der Waals surface area contributed by atoms with Gasteiger partial charge in [0.25, 0.3) is 0 Å². The monoisotopic (exact) mass is 585 g/mol. The van der Waals surface area contributed by atoms with Crippen LogP contribution in [0.15, 0.2) is 25.3 Å². The second kappa shape index (κ2) is 20.2. The number of ether oxygens (including phenoxy) is 4. The number of aliphatic hydroxyl groups is 2. The van der Waals surface area contributed by atoms with Gasteiger partial charge < -0.3 is 29.2 Å². The van der Waals surface area contributed by atoms with E-state index in [4.69, 9.17) is 18.9 Å². The summed E-state index contributed by atoms with van der Waals surface area (Å²) in [6.07, 6.45) is 17.9. The summed E-state index contributed by atoms with van der Waals surface area (Å²) < 4.78 is 22.0. The molecule has 3 aliphatic rings. The Morgan fingerprint density at radius 2 is 1.39 bits per heavy atom. The summed E-state index contributed by atoms with van der Waals surface area (Å²) in [7, 11) is 3.23. The maximum absolute atomic E-state index is 9.99. The average molecular weight is 585 g/mol. The molecular formula is C35H68O6. The lowest BCUT2D eigenvalue weighted by Gasteiger charge is -2.45. The third kappa shape index (κ3) is 15.5. The standard InChI is InChI=1S/C16H28O2.C13H24O2.C5H12O2.CH4/c1-5-12(2)14-11-15(18-16(3,4)17-14)13-9-7-6-8-10-13;1-3-10(2)12(14)9-13(15)11-7-5-4-6-8-11;1-5(2,6-3)7-4;/h5,12-15H,1,6-11H2,2-4H3;3,10-15H,1,4-9H2,2H3;1-4H3;1H4/t12-,14+,15-;10-,12+,13-;;/m00../s1. The van der Waals surface area contributed by atoms with Gasteiger partial charge in [0, 0.05) is 33.0 Å². The minimum absolute atomic E-state index is 0. The maximum atomic E-state index is 9.99. The molecule has 1 heterocycles. The molecular weight excluding hydrogens is 516 g/mol. The van der Waals surface area contributed by atoms with Gasteiger partial charge in [0.15, 0.2) is 11.6 Å². The highest BCUT2D eigenvalue weighted by atomic mass is 16.7. The minimum Gasteiger partial charge on any atom is -0.393 e. The van der Waals surface area contributed by atoms with Gasteiger partial charge in [0.1, 0.15) is 0 Å². The van der Waals surface area contributed by atoms with Crippen LogP contribution in [0.3, 0.4) is 0 Å². The molecule has 0 aromatic carbocycles. The molecule has 0 aromatic heterocycles. The summed E-state index contributed by atoms with van der Waals surface area (Å²) in [5, 5.41) is 19.8. The molecule has 2 N–H and O–H groups in total.